The van der Waals surface area contributed by atoms with Crippen molar-refractivity contribution in [3.63, 3.8) is 0 Å². The Kier molecular flexibility index (Phi) is 3.33. The highest BCUT2D eigenvalue weighted by molar-refractivity contribution is 6.01. The van der Waals surface area contributed by atoms with E-state index in [9.17, 15) is 9.90 Å². The number of carbonyl (C=O) groups is 1. The third kappa shape index (κ3) is 2.51. The molecule has 3 nitrogen and oxygen atoms in total. The molecule has 0 fully saturated rings. The second-order valence-electron chi connectivity index (χ2n) is 4.34. The minimum absolute atomic E-state index is 0.124. The van der Waals surface area contributed by atoms with Crippen molar-refractivity contribution in [2.75, 3.05) is 5.73 Å². The van der Waals surface area contributed by atoms with Crippen molar-refractivity contribution < 1.29 is 9.90 Å². The molecule has 0 saturated carbocycles. The fraction of sp³-hybridized carbons (Fsp3) is 0.133. The maximum absolute atomic E-state index is 12.1. The summed E-state index contributed by atoms with van der Waals surface area (Å²) >= 11 is 0. The van der Waals surface area contributed by atoms with Gasteiger partial charge in [0.1, 0.15) is 5.75 Å². The molecule has 92 valence electrons. The van der Waals surface area contributed by atoms with Crippen LogP contribution in [0.2, 0.25) is 0 Å². The Bertz CT molecular complexity index is 577. The number of hydrogen-bond acceptors (Lipinski definition) is 3. The average molecular weight is 241 g/mol. The van der Waals surface area contributed by atoms with Gasteiger partial charge >= 0.3 is 0 Å². The Labute approximate surface area is 106 Å². The van der Waals surface area contributed by atoms with Crippen molar-refractivity contribution in [2.45, 2.75) is 13.3 Å². The van der Waals surface area contributed by atoms with Gasteiger partial charge in [-0.2, -0.15) is 0 Å². The number of rotatable bonds is 3. The smallest absolute Gasteiger partial charge is 0.171 e. The van der Waals surface area contributed by atoms with Crippen LogP contribution in [-0.2, 0) is 6.42 Å². The van der Waals surface area contributed by atoms with Crippen LogP contribution in [0.5, 0.6) is 5.75 Å². The molecule has 0 unspecified atom stereocenters. The highest BCUT2D eigenvalue weighted by atomic mass is 16.3. The van der Waals surface area contributed by atoms with E-state index in [4.69, 9.17) is 5.73 Å². The topological polar surface area (TPSA) is 63.3 Å². The monoisotopic (exact) mass is 241 g/mol. The molecule has 0 aliphatic heterocycles. The van der Waals surface area contributed by atoms with Gasteiger partial charge in [0.25, 0.3) is 0 Å². The number of hydrogen-bond donors (Lipinski definition) is 2. The molecule has 2 aromatic rings. The van der Waals surface area contributed by atoms with Crippen LogP contribution in [0.4, 0.5) is 5.69 Å². The Balaban J connectivity index is 2.30. The molecule has 2 aromatic carbocycles. The van der Waals surface area contributed by atoms with Crippen LogP contribution in [0.3, 0.4) is 0 Å². The average Bonchev–Trinajstić information content (AvgIpc) is 2.35. The van der Waals surface area contributed by atoms with E-state index >= 15 is 0 Å². The summed E-state index contributed by atoms with van der Waals surface area (Å²) in [4.78, 5) is 12.1. The van der Waals surface area contributed by atoms with E-state index in [1.54, 1.807) is 12.1 Å². The molecule has 0 heterocycles. The first-order chi connectivity index (χ1) is 8.58. The number of nitrogens with two attached hydrogens (primary N) is 1. The van der Waals surface area contributed by atoms with E-state index in [2.05, 4.69) is 0 Å². The third-order valence-electron chi connectivity index (χ3n) is 2.79. The lowest BCUT2D eigenvalue weighted by molar-refractivity contribution is 0.0990. The molecular formula is C15H15NO2. The van der Waals surface area contributed by atoms with Gasteiger partial charge in [0, 0.05) is 6.42 Å². The van der Waals surface area contributed by atoms with E-state index < -0.39 is 0 Å². The predicted molar refractivity (Wildman–Crippen MR) is 71.7 cm³/mol. The minimum Gasteiger partial charge on any atom is -0.505 e. The first-order valence-corrected chi connectivity index (χ1v) is 5.74. The zero-order chi connectivity index (χ0) is 13.1. The minimum atomic E-state index is -0.130. The van der Waals surface area contributed by atoms with Crippen molar-refractivity contribution in [1.29, 1.82) is 0 Å². The highest BCUT2D eigenvalue weighted by Gasteiger charge is 2.14. The molecular weight excluding hydrogens is 226 g/mol. The van der Waals surface area contributed by atoms with Crippen LogP contribution in [0, 0.1) is 6.92 Å². The van der Waals surface area contributed by atoms with Crippen LogP contribution in [0.15, 0.2) is 42.5 Å². The third-order valence-corrected chi connectivity index (χ3v) is 2.79. The largest absolute Gasteiger partial charge is 0.505 e. The van der Waals surface area contributed by atoms with Gasteiger partial charge in [-0.3, -0.25) is 4.79 Å². The number of nitrogen functional groups attached to an aromatic ring is 1. The summed E-state index contributed by atoms with van der Waals surface area (Å²) < 4.78 is 0. The van der Waals surface area contributed by atoms with Crippen LogP contribution >= 0.6 is 0 Å². The van der Waals surface area contributed by atoms with Gasteiger partial charge in [-0.15, -0.1) is 0 Å². The van der Waals surface area contributed by atoms with E-state index in [0.717, 1.165) is 11.1 Å². The fourth-order valence-corrected chi connectivity index (χ4v) is 1.90. The second kappa shape index (κ2) is 4.92. The SMILES string of the molecule is Cc1cc(N)c(O)c(C(=O)Cc2ccccc2)c1. The lowest BCUT2D eigenvalue weighted by Crippen LogP contribution is -2.05. The highest BCUT2D eigenvalue weighted by Crippen LogP contribution is 2.27. The quantitative estimate of drug-likeness (QED) is 0.493. The number of benzene rings is 2. The van der Waals surface area contributed by atoms with Crippen LogP contribution in [0.1, 0.15) is 21.5 Å². The summed E-state index contributed by atoms with van der Waals surface area (Å²) in [5.41, 5.74) is 7.96. The number of ketones is 1. The van der Waals surface area contributed by atoms with Gasteiger partial charge in [0.15, 0.2) is 5.78 Å². The Morgan fingerprint density at radius 3 is 2.56 bits per heavy atom. The molecule has 3 N–H and O–H groups in total. The summed E-state index contributed by atoms with van der Waals surface area (Å²) in [6, 6.07) is 12.7. The number of carbonyl (C=O) groups excluding carboxylic acids is 1. The molecule has 0 aliphatic carbocycles. The van der Waals surface area contributed by atoms with E-state index in [1.807, 2.05) is 37.3 Å². The second-order valence-corrected chi connectivity index (χ2v) is 4.34. The summed E-state index contributed by atoms with van der Waals surface area (Å²) in [5.74, 6) is -0.254. The maximum atomic E-state index is 12.1. The number of phenolic OH excluding ortho intramolecular Hbond substituents is 1. The molecule has 0 radical (unpaired) electrons. The zero-order valence-electron chi connectivity index (χ0n) is 10.2. The fourth-order valence-electron chi connectivity index (χ4n) is 1.90. The van der Waals surface area contributed by atoms with Gasteiger partial charge in [-0.1, -0.05) is 30.3 Å². The van der Waals surface area contributed by atoms with E-state index in [-0.39, 0.29) is 29.2 Å². The van der Waals surface area contributed by atoms with Crippen molar-refractivity contribution in [3.8, 4) is 5.75 Å². The van der Waals surface area contributed by atoms with Gasteiger partial charge in [-0.25, -0.2) is 0 Å². The lowest BCUT2D eigenvalue weighted by atomic mass is 10.00. The van der Waals surface area contributed by atoms with E-state index in [0.29, 0.717) is 0 Å². The standard InChI is InChI=1S/C15H15NO2/c1-10-7-12(15(18)13(16)8-10)14(17)9-11-5-3-2-4-6-11/h2-8,18H,9,16H2,1H3. The number of Topliss-reactive ketones (excluding diaryl/α,β-unsaturated/α-hetero) is 1. The van der Waals surface area contributed by atoms with Crippen molar-refractivity contribution in [2.24, 2.45) is 0 Å². The molecule has 0 amide bonds. The van der Waals surface area contributed by atoms with Gasteiger partial charge in [-0.05, 0) is 30.2 Å². The van der Waals surface area contributed by atoms with Crippen LogP contribution < -0.4 is 5.73 Å². The van der Waals surface area contributed by atoms with Crippen LogP contribution in [0.25, 0.3) is 0 Å². The van der Waals surface area contributed by atoms with Crippen molar-refractivity contribution >= 4 is 11.5 Å². The zero-order valence-corrected chi connectivity index (χ0v) is 10.2. The van der Waals surface area contributed by atoms with Gasteiger partial charge in [0.2, 0.25) is 0 Å². The summed E-state index contributed by atoms with van der Waals surface area (Å²) in [6.07, 6.45) is 0.261. The number of phenols is 1. The number of anilines is 1. The first-order valence-electron chi connectivity index (χ1n) is 5.74. The summed E-state index contributed by atoms with van der Waals surface area (Å²) in [5, 5.41) is 9.82. The summed E-state index contributed by atoms with van der Waals surface area (Å²) in [7, 11) is 0. The molecule has 0 atom stereocenters. The molecule has 18 heavy (non-hydrogen) atoms. The van der Waals surface area contributed by atoms with Gasteiger partial charge in [0.05, 0.1) is 11.3 Å². The van der Waals surface area contributed by atoms with Crippen LogP contribution in [-0.4, -0.2) is 10.9 Å². The Morgan fingerprint density at radius 1 is 1.22 bits per heavy atom. The van der Waals surface area contributed by atoms with Crippen molar-refractivity contribution in [3.05, 3.63) is 59.2 Å². The predicted octanol–water partition coefficient (Wildman–Crippen LogP) is 2.71. The molecule has 0 spiro atoms. The van der Waals surface area contributed by atoms with Crippen molar-refractivity contribution in [1.82, 2.24) is 0 Å². The van der Waals surface area contributed by atoms with E-state index in [1.165, 1.54) is 0 Å². The first kappa shape index (κ1) is 12.2. The normalized spacial score (nSPS) is 10.3. The molecule has 2 rings (SSSR count). The number of aromatic hydroxyl groups is 1. The number of aryl methyl sites for hydroxylation is 1. The molecule has 0 saturated heterocycles. The maximum Gasteiger partial charge on any atom is 0.171 e. The Morgan fingerprint density at radius 2 is 1.89 bits per heavy atom. The lowest BCUT2D eigenvalue weighted by Gasteiger charge is -2.08. The molecule has 3 heteroatoms. The molecule has 0 aromatic heterocycles. The molecule has 0 aliphatic rings. The molecule has 0 bridgehead atoms. The van der Waals surface area contributed by atoms with Gasteiger partial charge < -0.3 is 10.8 Å². The summed E-state index contributed by atoms with van der Waals surface area (Å²) in [6.45, 7) is 1.84. The Hall–Kier alpha value is -2.29.